The summed E-state index contributed by atoms with van der Waals surface area (Å²) in [6, 6.07) is 6.75. The molecule has 1 fully saturated rings. The van der Waals surface area contributed by atoms with Gasteiger partial charge in [0.2, 0.25) is 0 Å². The Morgan fingerprint density at radius 3 is 3.00 bits per heavy atom. The second-order valence-electron chi connectivity index (χ2n) is 5.45. The van der Waals surface area contributed by atoms with Gasteiger partial charge < -0.3 is 15.0 Å². The van der Waals surface area contributed by atoms with Gasteiger partial charge in [0.05, 0.1) is 6.61 Å². The molecule has 0 spiro atoms. The van der Waals surface area contributed by atoms with E-state index in [0.717, 1.165) is 31.3 Å². The number of thioether (sulfide) groups is 1. The minimum atomic E-state index is 0.528. The highest BCUT2D eigenvalue weighted by Gasteiger charge is 2.26. The van der Waals surface area contributed by atoms with Crippen molar-refractivity contribution in [3.05, 3.63) is 28.8 Å². The molecule has 0 radical (unpaired) electrons. The zero-order valence-corrected chi connectivity index (χ0v) is 14.6. The Hall–Kier alpha value is -0.420. The van der Waals surface area contributed by atoms with E-state index in [2.05, 4.69) is 48.0 Å². The van der Waals surface area contributed by atoms with Gasteiger partial charge in [-0.3, -0.25) is 0 Å². The molecule has 0 bridgehead atoms. The molecule has 1 aliphatic heterocycles. The van der Waals surface area contributed by atoms with Gasteiger partial charge in [0, 0.05) is 54.5 Å². The van der Waals surface area contributed by atoms with Crippen molar-refractivity contribution in [3.63, 3.8) is 0 Å². The first-order chi connectivity index (χ1) is 10.1. The standard InChI is InChI=1S/C16H25ClN2OS/c1-12-13(2)21-9-7-19(12)16-10-15(17)5-4-14(16)11-18-6-8-20-3/h4-5,10,12-13,18H,6-9,11H2,1-3H3. The Morgan fingerprint density at radius 2 is 2.24 bits per heavy atom. The van der Waals surface area contributed by atoms with E-state index in [-0.39, 0.29) is 0 Å². The molecule has 0 aliphatic carbocycles. The Bertz CT molecular complexity index is 458. The molecule has 1 N–H and O–H groups in total. The lowest BCUT2D eigenvalue weighted by molar-refractivity contribution is 0.199. The second kappa shape index (κ2) is 8.28. The number of halogens is 1. The molecule has 21 heavy (non-hydrogen) atoms. The molecule has 0 amide bonds. The average Bonchev–Trinajstić information content (AvgIpc) is 2.48. The fraction of sp³-hybridized carbons (Fsp3) is 0.625. The van der Waals surface area contributed by atoms with Crippen LogP contribution in [0.25, 0.3) is 0 Å². The third-order valence-electron chi connectivity index (χ3n) is 4.04. The Morgan fingerprint density at radius 1 is 1.43 bits per heavy atom. The Labute approximate surface area is 137 Å². The lowest BCUT2D eigenvalue weighted by Crippen LogP contribution is -2.45. The van der Waals surface area contributed by atoms with Gasteiger partial charge in [-0.1, -0.05) is 24.6 Å². The van der Waals surface area contributed by atoms with Gasteiger partial charge in [0.25, 0.3) is 0 Å². The molecule has 1 heterocycles. The van der Waals surface area contributed by atoms with Crippen LogP contribution in [0.5, 0.6) is 0 Å². The highest BCUT2D eigenvalue weighted by atomic mass is 35.5. The summed E-state index contributed by atoms with van der Waals surface area (Å²) < 4.78 is 5.08. The van der Waals surface area contributed by atoms with Crippen molar-refractivity contribution in [1.29, 1.82) is 0 Å². The molecule has 2 rings (SSSR count). The Balaban J connectivity index is 2.14. The number of rotatable bonds is 6. The summed E-state index contributed by atoms with van der Waals surface area (Å²) in [6.07, 6.45) is 0. The van der Waals surface area contributed by atoms with E-state index in [1.807, 2.05) is 6.07 Å². The van der Waals surface area contributed by atoms with Crippen molar-refractivity contribution in [1.82, 2.24) is 5.32 Å². The minimum Gasteiger partial charge on any atom is -0.383 e. The van der Waals surface area contributed by atoms with E-state index in [9.17, 15) is 0 Å². The number of methoxy groups -OCH3 is 1. The van der Waals surface area contributed by atoms with Crippen molar-refractivity contribution in [2.45, 2.75) is 31.7 Å². The first kappa shape index (κ1) is 16.9. The van der Waals surface area contributed by atoms with Gasteiger partial charge in [-0.25, -0.2) is 0 Å². The average molecular weight is 329 g/mol. The maximum absolute atomic E-state index is 6.23. The number of nitrogens with zero attached hydrogens (tertiary/aromatic N) is 1. The smallest absolute Gasteiger partial charge is 0.0587 e. The number of anilines is 1. The van der Waals surface area contributed by atoms with Crippen LogP contribution in [0.3, 0.4) is 0 Å². The summed E-state index contributed by atoms with van der Waals surface area (Å²) in [4.78, 5) is 2.50. The van der Waals surface area contributed by atoms with E-state index in [1.54, 1.807) is 7.11 Å². The number of ether oxygens (including phenoxy) is 1. The quantitative estimate of drug-likeness (QED) is 0.809. The fourth-order valence-corrected chi connectivity index (χ4v) is 3.89. The van der Waals surface area contributed by atoms with Gasteiger partial charge in [-0.15, -0.1) is 0 Å². The summed E-state index contributed by atoms with van der Waals surface area (Å²) >= 11 is 8.28. The van der Waals surface area contributed by atoms with Crippen LogP contribution in [-0.2, 0) is 11.3 Å². The van der Waals surface area contributed by atoms with Crippen LogP contribution in [0, 0.1) is 0 Å². The first-order valence-electron chi connectivity index (χ1n) is 7.50. The zero-order valence-electron chi connectivity index (χ0n) is 13.1. The lowest BCUT2D eigenvalue weighted by Gasteiger charge is -2.40. The van der Waals surface area contributed by atoms with Gasteiger partial charge in [-0.05, 0) is 24.6 Å². The van der Waals surface area contributed by atoms with Crippen LogP contribution in [0.1, 0.15) is 19.4 Å². The fourth-order valence-electron chi connectivity index (χ4n) is 2.62. The van der Waals surface area contributed by atoms with E-state index in [1.165, 1.54) is 17.0 Å². The van der Waals surface area contributed by atoms with Crippen molar-refractivity contribution in [2.75, 3.05) is 37.5 Å². The molecule has 1 aromatic carbocycles. The summed E-state index contributed by atoms with van der Waals surface area (Å²) in [5.41, 5.74) is 2.58. The first-order valence-corrected chi connectivity index (χ1v) is 8.92. The van der Waals surface area contributed by atoms with Gasteiger partial charge in [0.1, 0.15) is 0 Å². The van der Waals surface area contributed by atoms with Crippen LogP contribution >= 0.6 is 23.4 Å². The third kappa shape index (κ3) is 4.52. The maximum atomic E-state index is 6.23. The van der Waals surface area contributed by atoms with Gasteiger partial charge in [-0.2, -0.15) is 11.8 Å². The monoisotopic (exact) mass is 328 g/mol. The molecule has 3 nitrogen and oxygen atoms in total. The third-order valence-corrected chi connectivity index (χ3v) is 5.61. The van der Waals surface area contributed by atoms with Gasteiger partial charge in [0.15, 0.2) is 0 Å². The summed E-state index contributed by atoms with van der Waals surface area (Å²) in [5.74, 6) is 1.18. The lowest BCUT2D eigenvalue weighted by atomic mass is 10.1. The molecule has 1 aromatic rings. The highest BCUT2D eigenvalue weighted by molar-refractivity contribution is 8.00. The minimum absolute atomic E-state index is 0.528. The van der Waals surface area contributed by atoms with E-state index in [0.29, 0.717) is 11.3 Å². The predicted molar refractivity (Wildman–Crippen MR) is 93.8 cm³/mol. The van der Waals surface area contributed by atoms with Crippen LogP contribution in [0.4, 0.5) is 5.69 Å². The molecule has 118 valence electrons. The van der Waals surface area contributed by atoms with Crippen molar-refractivity contribution >= 4 is 29.1 Å². The molecule has 1 aliphatic rings. The highest BCUT2D eigenvalue weighted by Crippen LogP contribution is 2.32. The molecule has 0 saturated carbocycles. The van der Waals surface area contributed by atoms with E-state index in [4.69, 9.17) is 16.3 Å². The SMILES string of the molecule is COCCNCc1ccc(Cl)cc1N1CCSC(C)C1C. The molecular formula is C16H25ClN2OS. The molecular weight excluding hydrogens is 304 g/mol. The number of nitrogens with one attached hydrogen (secondary N) is 1. The summed E-state index contributed by atoms with van der Waals surface area (Å²) in [5, 5.41) is 4.88. The summed E-state index contributed by atoms with van der Waals surface area (Å²) in [7, 11) is 1.73. The van der Waals surface area contributed by atoms with Crippen LogP contribution < -0.4 is 10.2 Å². The molecule has 2 unspecified atom stereocenters. The van der Waals surface area contributed by atoms with Crippen LogP contribution in [0.15, 0.2) is 18.2 Å². The molecule has 5 heteroatoms. The van der Waals surface area contributed by atoms with Crippen LogP contribution in [0.2, 0.25) is 5.02 Å². The van der Waals surface area contributed by atoms with Crippen LogP contribution in [-0.4, -0.2) is 43.9 Å². The molecule has 1 saturated heterocycles. The normalized spacial score (nSPS) is 22.6. The number of benzene rings is 1. The van der Waals surface area contributed by atoms with Crippen molar-refractivity contribution in [2.24, 2.45) is 0 Å². The van der Waals surface area contributed by atoms with E-state index < -0.39 is 0 Å². The second-order valence-corrected chi connectivity index (χ2v) is 7.37. The maximum Gasteiger partial charge on any atom is 0.0587 e. The molecule has 0 aromatic heterocycles. The zero-order chi connectivity index (χ0) is 15.2. The topological polar surface area (TPSA) is 24.5 Å². The summed E-state index contributed by atoms with van der Waals surface area (Å²) in [6.45, 7) is 8.14. The number of hydrogen-bond acceptors (Lipinski definition) is 4. The predicted octanol–water partition coefficient (Wildman–Crippen LogP) is 3.41. The number of hydrogen-bond donors (Lipinski definition) is 1. The van der Waals surface area contributed by atoms with Gasteiger partial charge >= 0.3 is 0 Å². The van der Waals surface area contributed by atoms with Crippen molar-refractivity contribution in [3.8, 4) is 0 Å². The van der Waals surface area contributed by atoms with E-state index >= 15 is 0 Å². The Kier molecular flexibility index (Phi) is 6.68. The molecule has 2 atom stereocenters. The van der Waals surface area contributed by atoms with Crippen molar-refractivity contribution < 1.29 is 4.74 Å². The largest absolute Gasteiger partial charge is 0.383 e.